The minimum absolute atomic E-state index is 0.112. The quantitative estimate of drug-likeness (QED) is 0.609. The molecule has 4 rings (SSSR count). The van der Waals surface area contributed by atoms with Crippen LogP contribution < -0.4 is 5.32 Å². The van der Waals surface area contributed by atoms with E-state index in [4.69, 9.17) is 4.42 Å². The van der Waals surface area contributed by atoms with Crippen LogP contribution in [0.5, 0.6) is 0 Å². The highest BCUT2D eigenvalue weighted by Crippen LogP contribution is 2.32. The van der Waals surface area contributed by atoms with Gasteiger partial charge in [0.15, 0.2) is 0 Å². The highest BCUT2D eigenvalue weighted by Gasteiger charge is 2.31. The second-order valence-corrected chi connectivity index (χ2v) is 7.77. The van der Waals surface area contributed by atoms with Gasteiger partial charge in [0.1, 0.15) is 0 Å². The summed E-state index contributed by atoms with van der Waals surface area (Å²) in [6.07, 6.45) is -2.05. The number of aromatic nitrogens is 2. The fourth-order valence-electron chi connectivity index (χ4n) is 3.75. The first-order valence-electron chi connectivity index (χ1n) is 10.5. The summed E-state index contributed by atoms with van der Waals surface area (Å²) in [4.78, 5) is 14.3. The summed E-state index contributed by atoms with van der Waals surface area (Å²) in [7, 11) is 0. The largest absolute Gasteiger partial charge is 0.420 e. The van der Waals surface area contributed by atoms with E-state index in [9.17, 15) is 18.0 Å². The van der Waals surface area contributed by atoms with Gasteiger partial charge in [0.2, 0.25) is 11.8 Å². The number of alkyl halides is 3. The molecule has 2 aromatic carbocycles. The van der Waals surface area contributed by atoms with Crippen molar-refractivity contribution >= 4 is 6.03 Å². The maximum atomic E-state index is 12.7. The molecule has 32 heavy (non-hydrogen) atoms. The molecule has 0 saturated carbocycles. The summed E-state index contributed by atoms with van der Waals surface area (Å²) in [5.74, 6) is 0.444. The molecule has 1 aliphatic rings. The minimum atomic E-state index is -4.40. The molecule has 1 N–H and O–H groups in total. The third-order valence-electron chi connectivity index (χ3n) is 5.49. The third-order valence-corrected chi connectivity index (χ3v) is 5.49. The lowest BCUT2D eigenvalue weighted by Gasteiger charge is -2.31. The zero-order chi connectivity index (χ0) is 22.6. The average Bonchev–Trinajstić information content (AvgIpc) is 3.30. The number of piperidine rings is 1. The summed E-state index contributed by atoms with van der Waals surface area (Å²) in [6, 6.07) is 14.4. The molecule has 0 aliphatic carbocycles. The Bertz CT molecular complexity index is 1040. The van der Waals surface area contributed by atoms with E-state index in [1.807, 2.05) is 30.3 Å². The summed E-state index contributed by atoms with van der Waals surface area (Å²) >= 11 is 0. The molecule has 168 valence electrons. The van der Waals surface area contributed by atoms with E-state index in [1.165, 1.54) is 12.1 Å². The van der Waals surface area contributed by atoms with Gasteiger partial charge in [0, 0.05) is 25.2 Å². The van der Waals surface area contributed by atoms with Crippen molar-refractivity contribution in [1.82, 2.24) is 20.4 Å². The number of amides is 2. The van der Waals surface area contributed by atoms with E-state index in [0.717, 1.165) is 37.0 Å². The van der Waals surface area contributed by atoms with Gasteiger partial charge >= 0.3 is 12.2 Å². The van der Waals surface area contributed by atoms with Crippen molar-refractivity contribution < 1.29 is 22.4 Å². The van der Waals surface area contributed by atoms with Crippen molar-refractivity contribution in [2.75, 3.05) is 19.6 Å². The molecule has 1 aromatic heterocycles. The Hall–Kier alpha value is -3.36. The Balaban J connectivity index is 1.34. The number of urea groups is 1. The van der Waals surface area contributed by atoms with Gasteiger partial charge in [0.25, 0.3) is 0 Å². The van der Waals surface area contributed by atoms with Gasteiger partial charge in [0.05, 0.1) is 11.5 Å². The number of carbonyl (C=O) groups excluding carboxylic acids is 1. The lowest BCUT2D eigenvalue weighted by atomic mass is 9.98. The van der Waals surface area contributed by atoms with Gasteiger partial charge in [-0.3, -0.25) is 0 Å². The van der Waals surface area contributed by atoms with Crippen molar-refractivity contribution in [2.24, 2.45) is 0 Å². The monoisotopic (exact) mass is 444 g/mol. The van der Waals surface area contributed by atoms with Crippen molar-refractivity contribution in [3.05, 3.63) is 71.6 Å². The van der Waals surface area contributed by atoms with Gasteiger partial charge in [-0.25, -0.2) is 4.79 Å². The van der Waals surface area contributed by atoms with E-state index in [-0.39, 0.29) is 17.8 Å². The van der Waals surface area contributed by atoms with Crippen LogP contribution in [0.25, 0.3) is 11.5 Å². The smallest absolute Gasteiger partial charge is 0.416 e. The summed E-state index contributed by atoms with van der Waals surface area (Å²) in [5, 5.41) is 11.0. The highest BCUT2D eigenvalue weighted by molar-refractivity contribution is 5.74. The zero-order valence-corrected chi connectivity index (χ0v) is 17.3. The summed E-state index contributed by atoms with van der Waals surface area (Å²) in [6.45, 7) is 1.64. The van der Waals surface area contributed by atoms with Crippen LogP contribution in [0, 0.1) is 0 Å². The van der Waals surface area contributed by atoms with Gasteiger partial charge in [-0.2, -0.15) is 13.2 Å². The number of hydrogen-bond donors (Lipinski definition) is 1. The number of halogens is 3. The first-order chi connectivity index (χ1) is 15.4. The van der Waals surface area contributed by atoms with Gasteiger partial charge in [-0.15, -0.1) is 10.2 Å². The second kappa shape index (κ2) is 9.42. The molecular weight excluding hydrogens is 421 g/mol. The first kappa shape index (κ1) is 21.9. The van der Waals surface area contributed by atoms with Crippen molar-refractivity contribution in [1.29, 1.82) is 0 Å². The Morgan fingerprint density at radius 2 is 1.84 bits per heavy atom. The molecule has 0 bridgehead atoms. The third kappa shape index (κ3) is 5.27. The average molecular weight is 444 g/mol. The lowest BCUT2D eigenvalue weighted by molar-refractivity contribution is -0.137. The summed E-state index contributed by atoms with van der Waals surface area (Å²) < 4.78 is 44.0. The molecule has 3 aromatic rings. The molecule has 1 atom stereocenters. The first-order valence-corrected chi connectivity index (χ1v) is 10.5. The maximum Gasteiger partial charge on any atom is 0.416 e. The normalized spacial score (nSPS) is 16.7. The number of nitrogens with zero attached hydrogens (tertiary/aromatic N) is 3. The van der Waals surface area contributed by atoms with E-state index in [1.54, 1.807) is 4.90 Å². The number of hydrogen-bond acceptors (Lipinski definition) is 4. The van der Waals surface area contributed by atoms with Crippen LogP contribution in [0.3, 0.4) is 0 Å². The fraction of sp³-hybridized carbons (Fsp3) is 0.348. The SMILES string of the molecule is O=C(NCCc1ccccc1)N1CCCC(c2nnc(-c3ccc(C(F)(F)F)cc3)o2)C1. The zero-order valence-electron chi connectivity index (χ0n) is 17.3. The van der Waals surface area contributed by atoms with Crippen LogP contribution in [0.15, 0.2) is 59.0 Å². The van der Waals surface area contributed by atoms with Crippen LogP contribution in [-0.2, 0) is 12.6 Å². The molecule has 2 amide bonds. The Labute approximate surface area is 183 Å². The van der Waals surface area contributed by atoms with Crippen LogP contribution in [0.4, 0.5) is 18.0 Å². The maximum absolute atomic E-state index is 12.7. The molecule has 6 nitrogen and oxygen atoms in total. The molecule has 1 aliphatic heterocycles. The molecule has 1 saturated heterocycles. The standard InChI is InChI=1S/C23H23F3N4O2/c24-23(25,26)19-10-8-17(9-11-19)20-28-29-21(32-20)18-7-4-14-30(15-18)22(31)27-13-12-16-5-2-1-3-6-16/h1-3,5-6,8-11,18H,4,7,12-15H2,(H,27,31). The van der Waals surface area contributed by atoms with Crippen LogP contribution in [0.2, 0.25) is 0 Å². The number of carbonyl (C=O) groups is 1. The molecule has 2 heterocycles. The van der Waals surface area contributed by atoms with E-state index < -0.39 is 11.7 Å². The van der Waals surface area contributed by atoms with Crippen LogP contribution >= 0.6 is 0 Å². The van der Waals surface area contributed by atoms with Gasteiger partial charge < -0.3 is 14.6 Å². The molecule has 0 radical (unpaired) electrons. The number of benzene rings is 2. The molecule has 9 heteroatoms. The predicted molar refractivity (Wildman–Crippen MR) is 112 cm³/mol. The molecular formula is C23H23F3N4O2. The minimum Gasteiger partial charge on any atom is -0.420 e. The fourth-order valence-corrected chi connectivity index (χ4v) is 3.75. The number of likely N-dealkylation sites (tertiary alicyclic amines) is 1. The molecule has 1 unspecified atom stereocenters. The van der Waals surface area contributed by atoms with Gasteiger partial charge in [-0.05, 0) is 49.1 Å². The molecule has 0 spiro atoms. The van der Waals surface area contributed by atoms with Crippen molar-refractivity contribution in [3.63, 3.8) is 0 Å². The number of nitrogens with one attached hydrogen (secondary N) is 1. The highest BCUT2D eigenvalue weighted by atomic mass is 19.4. The predicted octanol–water partition coefficient (Wildman–Crippen LogP) is 4.89. The molecule has 1 fully saturated rings. The Kier molecular flexibility index (Phi) is 6.43. The lowest BCUT2D eigenvalue weighted by Crippen LogP contribution is -2.45. The topological polar surface area (TPSA) is 71.3 Å². The van der Waals surface area contributed by atoms with Crippen LogP contribution in [0.1, 0.15) is 35.8 Å². The van der Waals surface area contributed by atoms with E-state index in [0.29, 0.717) is 31.1 Å². The number of rotatable bonds is 5. The van der Waals surface area contributed by atoms with Crippen molar-refractivity contribution in [3.8, 4) is 11.5 Å². The Morgan fingerprint density at radius 1 is 1.09 bits per heavy atom. The van der Waals surface area contributed by atoms with E-state index >= 15 is 0 Å². The van der Waals surface area contributed by atoms with E-state index in [2.05, 4.69) is 15.5 Å². The second-order valence-electron chi connectivity index (χ2n) is 7.77. The summed E-state index contributed by atoms with van der Waals surface area (Å²) in [5.41, 5.74) is 0.844. The van der Waals surface area contributed by atoms with Crippen molar-refractivity contribution in [2.45, 2.75) is 31.4 Å². The van der Waals surface area contributed by atoms with Gasteiger partial charge in [-0.1, -0.05) is 30.3 Å². The Morgan fingerprint density at radius 3 is 2.56 bits per heavy atom. The van der Waals surface area contributed by atoms with Crippen LogP contribution in [-0.4, -0.2) is 40.8 Å².